The van der Waals surface area contributed by atoms with E-state index in [1.807, 2.05) is 17.0 Å². The van der Waals surface area contributed by atoms with Gasteiger partial charge < -0.3 is 9.64 Å². The summed E-state index contributed by atoms with van der Waals surface area (Å²) in [6, 6.07) is 15.2. The first kappa shape index (κ1) is 17.4. The average molecular weight is 351 g/mol. The van der Waals surface area contributed by atoms with Gasteiger partial charge in [0.2, 0.25) is 0 Å². The number of nitro groups is 1. The molecule has 0 radical (unpaired) electrons. The van der Waals surface area contributed by atoms with Crippen molar-refractivity contribution in [3.63, 3.8) is 0 Å². The van der Waals surface area contributed by atoms with Crippen LogP contribution in [-0.4, -0.2) is 30.1 Å². The van der Waals surface area contributed by atoms with Crippen LogP contribution in [0.15, 0.2) is 48.5 Å². The van der Waals surface area contributed by atoms with E-state index in [0.717, 1.165) is 0 Å². The zero-order chi connectivity index (χ0) is 18.5. The standard InChI is InChI=1S/C19H17N3O4/c20-13-15-12-16(22(24)25)6-7-18(15)21-10-8-17(9-11-21)26-19(23)14-4-2-1-3-5-14/h1-7,12,17H,8-11H2. The number of nitriles is 1. The van der Waals surface area contributed by atoms with Crippen molar-refractivity contribution in [3.05, 3.63) is 69.8 Å². The normalized spacial score (nSPS) is 14.5. The molecule has 3 rings (SSSR count). The van der Waals surface area contributed by atoms with Gasteiger partial charge in [0.05, 0.1) is 21.7 Å². The Hall–Kier alpha value is -3.40. The van der Waals surface area contributed by atoms with Gasteiger partial charge in [0.25, 0.3) is 5.69 Å². The molecule has 2 aromatic carbocycles. The van der Waals surface area contributed by atoms with Crippen LogP contribution in [0.4, 0.5) is 11.4 Å². The molecule has 0 unspecified atom stereocenters. The van der Waals surface area contributed by atoms with Gasteiger partial charge in [-0.3, -0.25) is 10.1 Å². The van der Waals surface area contributed by atoms with E-state index < -0.39 is 4.92 Å². The van der Waals surface area contributed by atoms with Crippen LogP contribution < -0.4 is 4.90 Å². The molecule has 2 aromatic rings. The Kier molecular flexibility index (Phi) is 5.13. The van der Waals surface area contributed by atoms with E-state index in [1.54, 1.807) is 30.3 Å². The molecule has 0 atom stereocenters. The number of nitrogens with zero attached hydrogens (tertiary/aromatic N) is 3. The summed E-state index contributed by atoms with van der Waals surface area (Å²) in [6.45, 7) is 1.22. The fourth-order valence-corrected chi connectivity index (χ4v) is 3.01. The fourth-order valence-electron chi connectivity index (χ4n) is 3.01. The number of nitro benzene ring substituents is 1. The second kappa shape index (κ2) is 7.66. The minimum Gasteiger partial charge on any atom is -0.459 e. The topological polar surface area (TPSA) is 96.5 Å². The number of carbonyl (C=O) groups excluding carboxylic acids is 1. The SMILES string of the molecule is N#Cc1cc([N+](=O)[O-])ccc1N1CCC(OC(=O)c2ccccc2)CC1. The first-order valence-corrected chi connectivity index (χ1v) is 8.28. The van der Waals surface area contributed by atoms with Gasteiger partial charge in [-0.25, -0.2) is 4.79 Å². The van der Waals surface area contributed by atoms with Gasteiger partial charge in [0, 0.05) is 38.1 Å². The molecule has 1 fully saturated rings. The van der Waals surface area contributed by atoms with Crippen LogP contribution in [0.25, 0.3) is 0 Å². The molecule has 1 heterocycles. The second-order valence-electron chi connectivity index (χ2n) is 6.03. The maximum Gasteiger partial charge on any atom is 0.338 e. The molecule has 26 heavy (non-hydrogen) atoms. The number of carbonyl (C=O) groups is 1. The highest BCUT2D eigenvalue weighted by Crippen LogP contribution is 2.28. The first-order valence-electron chi connectivity index (χ1n) is 8.28. The molecule has 7 heteroatoms. The van der Waals surface area contributed by atoms with Crippen LogP contribution in [-0.2, 0) is 4.74 Å². The van der Waals surface area contributed by atoms with E-state index in [9.17, 15) is 20.2 Å². The highest BCUT2D eigenvalue weighted by Gasteiger charge is 2.25. The summed E-state index contributed by atoms with van der Waals surface area (Å²) in [6.07, 6.45) is 1.10. The molecule has 0 saturated carbocycles. The Morgan fingerprint density at radius 1 is 1.19 bits per heavy atom. The van der Waals surface area contributed by atoms with Gasteiger partial charge in [-0.05, 0) is 18.2 Å². The van der Waals surface area contributed by atoms with E-state index in [2.05, 4.69) is 0 Å². The third-order valence-electron chi connectivity index (χ3n) is 4.38. The molecular formula is C19H17N3O4. The summed E-state index contributed by atoms with van der Waals surface area (Å²) >= 11 is 0. The monoisotopic (exact) mass is 351 g/mol. The Balaban J connectivity index is 1.63. The van der Waals surface area contributed by atoms with E-state index in [1.165, 1.54) is 12.1 Å². The van der Waals surface area contributed by atoms with Crippen molar-refractivity contribution in [1.29, 1.82) is 5.26 Å². The number of benzene rings is 2. The number of rotatable bonds is 4. The summed E-state index contributed by atoms with van der Waals surface area (Å²) in [4.78, 5) is 24.5. The Labute approximate surface area is 150 Å². The van der Waals surface area contributed by atoms with Crippen LogP contribution in [0.2, 0.25) is 0 Å². The van der Waals surface area contributed by atoms with Crippen LogP contribution in [0.3, 0.4) is 0 Å². The van der Waals surface area contributed by atoms with Crippen LogP contribution in [0.5, 0.6) is 0 Å². The molecule has 1 aliphatic rings. The highest BCUT2D eigenvalue weighted by molar-refractivity contribution is 5.89. The number of ether oxygens (including phenoxy) is 1. The van der Waals surface area contributed by atoms with Crippen LogP contribution in [0.1, 0.15) is 28.8 Å². The number of anilines is 1. The molecule has 0 bridgehead atoms. The quantitative estimate of drug-likeness (QED) is 0.476. The fraction of sp³-hybridized carbons (Fsp3) is 0.263. The molecule has 0 aromatic heterocycles. The van der Waals surface area contributed by atoms with Gasteiger partial charge in [-0.15, -0.1) is 0 Å². The van der Waals surface area contributed by atoms with Gasteiger partial charge in [0.15, 0.2) is 0 Å². The van der Waals surface area contributed by atoms with Crippen molar-refractivity contribution >= 4 is 17.3 Å². The predicted molar refractivity (Wildman–Crippen MR) is 94.9 cm³/mol. The minimum atomic E-state index is -0.514. The minimum absolute atomic E-state index is 0.100. The summed E-state index contributed by atoms with van der Waals surface area (Å²) < 4.78 is 5.55. The third-order valence-corrected chi connectivity index (χ3v) is 4.38. The Morgan fingerprint density at radius 3 is 2.50 bits per heavy atom. The summed E-state index contributed by atoms with van der Waals surface area (Å²) in [5.74, 6) is -0.336. The zero-order valence-electron chi connectivity index (χ0n) is 14.0. The predicted octanol–water partition coefficient (Wildman–Crippen LogP) is 3.29. The van der Waals surface area contributed by atoms with Crippen molar-refractivity contribution in [2.45, 2.75) is 18.9 Å². The van der Waals surface area contributed by atoms with E-state index in [-0.39, 0.29) is 23.3 Å². The number of non-ortho nitro benzene ring substituents is 1. The molecule has 1 saturated heterocycles. The summed E-state index contributed by atoms with van der Waals surface area (Å²) in [5, 5.41) is 20.1. The number of piperidine rings is 1. The molecule has 7 nitrogen and oxygen atoms in total. The summed E-state index contributed by atoms with van der Waals surface area (Å²) in [7, 11) is 0. The molecule has 0 spiro atoms. The van der Waals surface area contributed by atoms with Crippen LogP contribution >= 0.6 is 0 Å². The Bertz CT molecular complexity index is 853. The number of hydrogen-bond acceptors (Lipinski definition) is 6. The van der Waals surface area contributed by atoms with E-state index in [4.69, 9.17) is 4.74 Å². The third kappa shape index (κ3) is 3.81. The lowest BCUT2D eigenvalue weighted by atomic mass is 10.0. The maximum atomic E-state index is 12.1. The Morgan fingerprint density at radius 2 is 1.88 bits per heavy atom. The summed E-state index contributed by atoms with van der Waals surface area (Å²) in [5.41, 5.74) is 1.37. The van der Waals surface area contributed by atoms with Gasteiger partial charge in [-0.2, -0.15) is 5.26 Å². The highest BCUT2D eigenvalue weighted by atomic mass is 16.6. The molecule has 1 aliphatic heterocycles. The van der Waals surface area contributed by atoms with Gasteiger partial charge in [0.1, 0.15) is 12.2 Å². The molecule has 0 amide bonds. The smallest absolute Gasteiger partial charge is 0.338 e. The average Bonchev–Trinajstić information content (AvgIpc) is 2.68. The van der Waals surface area contributed by atoms with Crippen molar-refractivity contribution in [2.24, 2.45) is 0 Å². The van der Waals surface area contributed by atoms with Crippen molar-refractivity contribution in [3.8, 4) is 6.07 Å². The first-order chi connectivity index (χ1) is 12.6. The zero-order valence-corrected chi connectivity index (χ0v) is 14.0. The van der Waals surface area contributed by atoms with Crippen molar-refractivity contribution in [2.75, 3.05) is 18.0 Å². The maximum absolute atomic E-state index is 12.1. The molecule has 0 aliphatic carbocycles. The second-order valence-corrected chi connectivity index (χ2v) is 6.03. The molecule has 0 N–H and O–H groups in total. The molecule has 132 valence electrons. The van der Waals surface area contributed by atoms with E-state index >= 15 is 0 Å². The molecular weight excluding hydrogens is 334 g/mol. The van der Waals surface area contributed by atoms with Crippen molar-refractivity contribution in [1.82, 2.24) is 0 Å². The van der Waals surface area contributed by atoms with Crippen molar-refractivity contribution < 1.29 is 14.5 Å². The largest absolute Gasteiger partial charge is 0.459 e. The lowest BCUT2D eigenvalue weighted by molar-refractivity contribution is -0.384. The lowest BCUT2D eigenvalue weighted by Crippen LogP contribution is -2.38. The number of hydrogen-bond donors (Lipinski definition) is 0. The lowest BCUT2D eigenvalue weighted by Gasteiger charge is -2.33. The number of esters is 1. The van der Waals surface area contributed by atoms with Gasteiger partial charge >= 0.3 is 5.97 Å². The van der Waals surface area contributed by atoms with Crippen LogP contribution in [0, 0.1) is 21.4 Å². The van der Waals surface area contributed by atoms with Gasteiger partial charge in [-0.1, -0.05) is 18.2 Å². The van der Waals surface area contributed by atoms with E-state index in [0.29, 0.717) is 37.2 Å².